The van der Waals surface area contributed by atoms with Crippen molar-refractivity contribution in [1.82, 2.24) is 45.2 Å². The van der Waals surface area contributed by atoms with Crippen LogP contribution in [0.5, 0.6) is 0 Å². The van der Waals surface area contributed by atoms with Gasteiger partial charge in [0.1, 0.15) is 5.69 Å². The van der Waals surface area contributed by atoms with Gasteiger partial charge in [-0.05, 0) is 37.4 Å². The van der Waals surface area contributed by atoms with Crippen LogP contribution in [0.15, 0.2) is 78.2 Å². The second-order valence-corrected chi connectivity index (χ2v) is 9.93. The molecular weight excluding hydrogens is 516 g/mol. The summed E-state index contributed by atoms with van der Waals surface area (Å²) >= 11 is 0. The fourth-order valence-electron chi connectivity index (χ4n) is 4.90. The zero-order valence-corrected chi connectivity index (χ0v) is 22.9. The van der Waals surface area contributed by atoms with Gasteiger partial charge in [0.05, 0.1) is 22.1 Å². The average molecular weight is 547 g/mol. The molecule has 4 aromatic heterocycles. The normalized spacial score (nSPS) is 14.8. The minimum Gasteiger partial charge on any atom is -0.337 e. The first-order chi connectivity index (χ1) is 20.0. The number of nitrogens with zero attached hydrogens (tertiary/aromatic N) is 7. The van der Waals surface area contributed by atoms with Crippen LogP contribution in [0.3, 0.4) is 0 Å². The number of imidazole rings is 1. The summed E-state index contributed by atoms with van der Waals surface area (Å²) < 4.78 is 0. The molecule has 1 aromatic carbocycles. The van der Waals surface area contributed by atoms with E-state index in [9.17, 15) is 4.79 Å². The lowest BCUT2D eigenvalue weighted by Gasteiger charge is -2.32. The number of carbonyl (C=O) groups is 1. The standard InChI is InChI=1S/C30H30N10O/c1-19(34-30(41)40-13-11-39(3)12-14-40)15-20(17-31-2)21-16-23-27(37-38-28(23)33-18-21)29-35-25-9-6-7-22(26(25)36-29)24-8-4-5-10-32-24/h4-10,15-18H,1,11-14H2,2-3H3,(H,34,41)(H,35,36)(H,33,37,38)/b20-15+,31-17-. The number of amides is 2. The number of fused-ring (bicyclic) bond motifs is 2. The van der Waals surface area contributed by atoms with E-state index in [2.05, 4.69) is 54.0 Å². The van der Waals surface area contributed by atoms with Crippen LogP contribution in [0.1, 0.15) is 5.56 Å². The van der Waals surface area contributed by atoms with E-state index in [-0.39, 0.29) is 6.03 Å². The molecule has 1 aliphatic heterocycles. The van der Waals surface area contributed by atoms with Crippen molar-refractivity contribution in [1.29, 1.82) is 0 Å². The third-order valence-electron chi connectivity index (χ3n) is 7.08. The molecule has 0 atom stereocenters. The molecule has 206 valence electrons. The molecule has 41 heavy (non-hydrogen) atoms. The van der Waals surface area contributed by atoms with Crippen molar-refractivity contribution in [3.8, 4) is 22.8 Å². The van der Waals surface area contributed by atoms with E-state index in [4.69, 9.17) is 4.98 Å². The largest absolute Gasteiger partial charge is 0.337 e. The number of H-pyrrole nitrogens is 2. The number of para-hydroxylation sites is 1. The van der Waals surface area contributed by atoms with Crippen LogP contribution in [-0.2, 0) is 0 Å². The molecule has 0 aliphatic carbocycles. The van der Waals surface area contributed by atoms with E-state index in [1.54, 1.807) is 36.6 Å². The first kappa shape index (κ1) is 26.1. The van der Waals surface area contributed by atoms with Crippen molar-refractivity contribution < 1.29 is 4.79 Å². The molecule has 5 heterocycles. The lowest BCUT2D eigenvalue weighted by atomic mass is 10.1. The van der Waals surface area contributed by atoms with Gasteiger partial charge in [-0.1, -0.05) is 24.8 Å². The SMILES string of the molecule is C=C(/C=C(\C=N/C)c1cnc2[nH]nc(-c3nc4c(-c5ccccn5)cccc4[nH]3)c2c1)NC(=O)N1CCN(C)CC1. The van der Waals surface area contributed by atoms with Crippen LogP contribution >= 0.6 is 0 Å². The molecule has 0 saturated carbocycles. The van der Waals surface area contributed by atoms with Crippen molar-refractivity contribution in [3.05, 3.63) is 78.8 Å². The number of aliphatic imine (C=N–C) groups is 1. The molecule has 2 amide bonds. The summed E-state index contributed by atoms with van der Waals surface area (Å²) in [6.07, 6.45) is 7.03. The van der Waals surface area contributed by atoms with Gasteiger partial charge in [0.15, 0.2) is 11.5 Å². The Balaban J connectivity index is 1.31. The summed E-state index contributed by atoms with van der Waals surface area (Å²) in [4.78, 5) is 38.4. The summed E-state index contributed by atoms with van der Waals surface area (Å²) in [6.45, 7) is 7.11. The van der Waals surface area contributed by atoms with Gasteiger partial charge in [-0.25, -0.2) is 14.8 Å². The molecule has 0 radical (unpaired) electrons. The molecule has 0 bridgehead atoms. The van der Waals surface area contributed by atoms with Crippen LogP contribution in [0, 0.1) is 0 Å². The molecule has 11 heteroatoms. The van der Waals surface area contributed by atoms with Gasteiger partial charge in [-0.3, -0.25) is 15.1 Å². The molecule has 0 spiro atoms. The lowest BCUT2D eigenvalue weighted by molar-refractivity contribution is 0.156. The Morgan fingerprint density at radius 2 is 1.98 bits per heavy atom. The number of allylic oxidation sites excluding steroid dienone is 2. The highest BCUT2D eigenvalue weighted by Crippen LogP contribution is 2.31. The quantitative estimate of drug-likeness (QED) is 0.217. The predicted octanol–water partition coefficient (Wildman–Crippen LogP) is 4.12. The monoisotopic (exact) mass is 546 g/mol. The highest BCUT2D eigenvalue weighted by atomic mass is 16.2. The average Bonchev–Trinajstić information content (AvgIpc) is 3.61. The van der Waals surface area contributed by atoms with Gasteiger partial charge < -0.3 is 20.1 Å². The maximum atomic E-state index is 12.8. The highest BCUT2D eigenvalue weighted by Gasteiger charge is 2.20. The molecule has 1 saturated heterocycles. The van der Waals surface area contributed by atoms with Crippen molar-refractivity contribution >= 4 is 39.9 Å². The molecule has 1 fully saturated rings. The fraction of sp³-hybridized carbons (Fsp3) is 0.200. The first-order valence-electron chi connectivity index (χ1n) is 13.3. The molecular formula is C30H30N10O. The Labute approximate surface area is 236 Å². The van der Waals surface area contributed by atoms with E-state index in [0.717, 1.165) is 51.9 Å². The van der Waals surface area contributed by atoms with E-state index in [1.807, 2.05) is 42.5 Å². The van der Waals surface area contributed by atoms with Crippen LogP contribution < -0.4 is 5.32 Å². The highest BCUT2D eigenvalue weighted by molar-refractivity contribution is 6.11. The Kier molecular flexibility index (Phi) is 7.09. The number of piperazine rings is 1. The fourth-order valence-corrected chi connectivity index (χ4v) is 4.90. The zero-order valence-electron chi connectivity index (χ0n) is 22.9. The first-order valence-corrected chi connectivity index (χ1v) is 13.3. The molecule has 3 N–H and O–H groups in total. The van der Waals surface area contributed by atoms with Gasteiger partial charge in [0.2, 0.25) is 0 Å². The zero-order chi connectivity index (χ0) is 28.3. The van der Waals surface area contributed by atoms with Gasteiger partial charge in [0.25, 0.3) is 0 Å². The van der Waals surface area contributed by atoms with Crippen molar-refractivity contribution in [2.24, 2.45) is 4.99 Å². The Hall–Kier alpha value is -5.16. The number of aromatic amines is 2. The van der Waals surface area contributed by atoms with Gasteiger partial charge in [0, 0.05) is 74.2 Å². The third kappa shape index (κ3) is 5.35. The number of likely N-dealkylation sites (N-methyl/N-ethyl adjacent to an activating group) is 1. The molecule has 11 nitrogen and oxygen atoms in total. The molecule has 6 rings (SSSR count). The summed E-state index contributed by atoms with van der Waals surface area (Å²) in [7, 11) is 3.75. The number of urea groups is 1. The smallest absolute Gasteiger partial charge is 0.321 e. The van der Waals surface area contributed by atoms with Crippen LogP contribution in [0.2, 0.25) is 0 Å². The number of aromatic nitrogens is 6. The number of hydrogen-bond acceptors (Lipinski definition) is 7. The van der Waals surface area contributed by atoms with Crippen LogP contribution in [0.25, 0.3) is 50.4 Å². The number of hydrogen-bond donors (Lipinski definition) is 3. The summed E-state index contributed by atoms with van der Waals surface area (Å²) in [5, 5.41) is 11.2. The number of rotatable bonds is 6. The topological polar surface area (TPSA) is 131 Å². The van der Waals surface area contributed by atoms with Gasteiger partial charge in [-0.15, -0.1) is 0 Å². The van der Waals surface area contributed by atoms with Crippen molar-refractivity contribution in [3.63, 3.8) is 0 Å². The Bertz CT molecular complexity index is 1790. The van der Waals surface area contributed by atoms with Crippen LogP contribution in [0.4, 0.5) is 4.79 Å². The Morgan fingerprint density at radius 1 is 1.12 bits per heavy atom. The van der Waals surface area contributed by atoms with Gasteiger partial charge in [-0.2, -0.15) is 5.10 Å². The molecule has 1 aliphatic rings. The predicted molar refractivity (Wildman–Crippen MR) is 161 cm³/mol. The Morgan fingerprint density at radius 3 is 2.76 bits per heavy atom. The summed E-state index contributed by atoms with van der Waals surface area (Å²) in [5.74, 6) is 0.618. The summed E-state index contributed by atoms with van der Waals surface area (Å²) in [5.41, 5.74) is 6.77. The van der Waals surface area contributed by atoms with E-state index in [1.165, 1.54) is 0 Å². The number of nitrogens with one attached hydrogen (secondary N) is 3. The van der Waals surface area contributed by atoms with Gasteiger partial charge >= 0.3 is 6.03 Å². The van der Waals surface area contributed by atoms with Crippen molar-refractivity contribution in [2.75, 3.05) is 40.3 Å². The maximum absolute atomic E-state index is 12.8. The minimum atomic E-state index is -0.159. The number of pyridine rings is 2. The number of benzene rings is 1. The third-order valence-corrected chi connectivity index (χ3v) is 7.08. The summed E-state index contributed by atoms with van der Waals surface area (Å²) in [6, 6.07) is 13.6. The van der Waals surface area contributed by atoms with E-state index < -0.39 is 0 Å². The molecule has 0 unspecified atom stereocenters. The van der Waals surface area contributed by atoms with Crippen molar-refractivity contribution in [2.45, 2.75) is 0 Å². The van der Waals surface area contributed by atoms with Crippen LogP contribution in [-0.4, -0.2) is 92.5 Å². The second-order valence-electron chi connectivity index (χ2n) is 9.93. The number of carbonyl (C=O) groups excluding carboxylic acids is 1. The lowest BCUT2D eigenvalue weighted by Crippen LogP contribution is -2.50. The second kappa shape index (κ2) is 11.1. The van der Waals surface area contributed by atoms with E-state index in [0.29, 0.717) is 36.0 Å². The minimum absolute atomic E-state index is 0.159. The molecule has 5 aromatic rings. The maximum Gasteiger partial charge on any atom is 0.321 e. The van der Waals surface area contributed by atoms with E-state index >= 15 is 0 Å².